The molecule has 0 saturated carbocycles. The van der Waals surface area contributed by atoms with E-state index in [1.165, 1.54) is 6.07 Å². The molecule has 18 heavy (non-hydrogen) atoms. The van der Waals surface area contributed by atoms with Gasteiger partial charge in [-0.2, -0.15) is 5.10 Å². The van der Waals surface area contributed by atoms with Crippen molar-refractivity contribution in [2.24, 2.45) is 11.1 Å². The van der Waals surface area contributed by atoms with Crippen molar-refractivity contribution >= 4 is 10.0 Å². The molecule has 0 saturated heterocycles. The molecule has 0 aliphatic carbocycles. The molecule has 104 valence electrons. The summed E-state index contributed by atoms with van der Waals surface area (Å²) in [6.07, 6.45) is 0. The van der Waals surface area contributed by atoms with E-state index in [2.05, 4.69) is 52.1 Å². The summed E-state index contributed by atoms with van der Waals surface area (Å²) in [5.41, 5.74) is 0.490. The van der Waals surface area contributed by atoms with E-state index < -0.39 is 10.0 Å². The highest BCUT2D eigenvalue weighted by Crippen LogP contribution is 2.37. The lowest BCUT2D eigenvalue weighted by molar-refractivity contribution is -0.934. The van der Waals surface area contributed by atoms with Crippen LogP contribution in [0.15, 0.2) is 11.1 Å². The van der Waals surface area contributed by atoms with Crippen LogP contribution in [0.4, 0.5) is 0 Å². The van der Waals surface area contributed by atoms with Crippen LogP contribution in [0.1, 0.15) is 26.5 Å². The van der Waals surface area contributed by atoms with Crippen molar-refractivity contribution in [2.75, 3.05) is 21.1 Å². The number of sulfonamides is 1. The quantitative estimate of drug-likeness (QED) is 0.790. The molecule has 1 aromatic rings. The third-order valence-electron chi connectivity index (χ3n) is 3.91. The van der Waals surface area contributed by atoms with Gasteiger partial charge in [0.05, 0.1) is 26.8 Å². The third kappa shape index (κ3) is 2.43. The topological polar surface area (TPSA) is 88.8 Å². The van der Waals surface area contributed by atoms with Gasteiger partial charge in [-0.15, -0.1) is 0 Å². The van der Waals surface area contributed by atoms with Crippen LogP contribution in [0.25, 0.3) is 0 Å². The summed E-state index contributed by atoms with van der Waals surface area (Å²) in [6, 6.07) is 1.53. The zero-order valence-electron chi connectivity index (χ0n) is 11.9. The van der Waals surface area contributed by atoms with Crippen LogP contribution in [0, 0.1) is 5.92 Å². The van der Waals surface area contributed by atoms with Crippen molar-refractivity contribution in [1.82, 2.24) is 10.2 Å². The summed E-state index contributed by atoms with van der Waals surface area (Å²) in [5, 5.41) is 11.6. The molecular formula is C11H23N4O2S+. The molecule has 7 heteroatoms. The average molecular weight is 275 g/mol. The number of primary sulfonamides is 1. The molecule has 1 heterocycles. The van der Waals surface area contributed by atoms with Gasteiger partial charge in [0.15, 0.2) is 5.03 Å². The molecule has 0 aliphatic rings. The maximum atomic E-state index is 11.3. The van der Waals surface area contributed by atoms with Crippen LogP contribution in [0.3, 0.4) is 0 Å². The van der Waals surface area contributed by atoms with Crippen LogP contribution in [-0.2, 0) is 15.6 Å². The summed E-state index contributed by atoms with van der Waals surface area (Å²) in [7, 11) is 2.44. The molecule has 0 fully saturated rings. The number of rotatable bonds is 4. The van der Waals surface area contributed by atoms with E-state index >= 15 is 0 Å². The maximum absolute atomic E-state index is 11.3. The predicted molar refractivity (Wildman–Crippen MR) is 70.2 cm³/mol. The Balaban J connectivity index is 3.39. The van der Waals surface area contributed by atoms with Crippen molar-refractivity contribution in [1.29, 1.82) is 0 Å². The first-order valence-electron chi connectivity index (χ1n) is 5.81. The van der Waals surface area contributed by atoms with E-state index in [1.807, 2.05) is 0 Å². The number of nitrogens with one attached hydrogen (secondary N) is 1. The van der Waals surface area contributed by atoms with E-state index in [9.17, 15) is 8.42 Å². The number of H-pyrrole nitrogens is 1. The number of hydrogen-bond acceptors (Lipinski definition) is 3. The molecule has 0 aromatic carbocycles. The monoisotopic (exact) mass is 275 g/mol. The summed E-state index contributed by atoms with van der Waals surface area (Å²) in [4.78, 5) is 0. The van der Waals surface area contributed by atoms with Gasteiger partial charge in [-0.1, -0.05) is 13.8 Å². The predicted octanol–water partition coefficient (Wildman–Crippen LogP) is 0.635. The molecule has 0 spiro atoms. The van der Waals surface area contributed by atoms with Crippen LogP contribution in [0.2, 0.25) is 0 Å². The first-order valence-corrected chi connectivity index (χ1v) is 7.35. The zero-order valence-corrected chi connectivity index (χ0v) is 12.7. The van der Waals surface area contributed by atoms with Crippen LogP contribution in [0.5, 0.6) is 0 Å². The second-order valence-electron chi connectivity index (χ2n) is 5.98. The summed E-state index contributed by atoms with van der Waals surface area (Å²) < 4.78 is 23.2. The van der Waals surface area contributed by atoms with E-state index in [0.29, 0.717) is 10.4 Å². The van der Waals surface area contributed by atoms with Gasteiger partial charge in [-0.3, -0.25) is 5.10 Å². The minimum Gasteiger partial charge on any atom is -0.321 e. The lowest BCUT2D eigenvalue weighted by Crippen LogP contribution is -2.56. The van der Waals surface area contributed by atoms with Gasteiger partial charge in [0, 0.05) is 12.0 Å². The van der Waals surface area contributed by atoms with Crippen molar-refractivity contribution in [3.8, 4) is 0 Å². The third-order valence-corrected chi connectivity index (χ3v) is 4.70. The van der Waals surface area contributed by atoms with Crippen molar-refractivity contribution in [3.63, 3.8) is 0 Å². The van der Waals surface area contributed by atoms with E-state index in [0.717, 1.165) is 5.69 Å². The van der Waals surface area contributed by atoms with Crippen LogP contribution in [-0.4, -0.2) is 44.2 Å². The standard InChI is InChI=1S/C11H23N4O2S/c1-8(2)11(3,15(4,5)6)9-7-10(14-13-9)18(12,16)17/h7-8H,1-6H3,(H,13,14)(H2,12,16,17)/q+1. The number of nitrogens with two attached hydrogens (primary N) is 1. The Bertz CT molecular complexity index is 527. The summed E-state index contributed by atoms with van der Waals surface area (Å²) in [5.74, 6) is 0.297. The molecule has 0 radical (unpaired) electrons. The van der Waals surface area contributed by atoms with Gasteiger partial charge in [-0.25, -0.2) is 13.6 Å². The molecule has 1 aromatic heterocycles. The Morgan fingerprint density at radius 3 is 2.17 bits per heavy atom. The van der Waals surface area contributed by atoms with E-state index in [-0.39, 0.29) is 10.6 Å². The number of hydrogen-bond donors (Lipinski definition) is 2. The highest BCUT2D eigenvalue weighted by Gasteiger charge is 2.45. The minimum atomic E-state index is -3.76. The molecule has 0 aliphatic heterocycles. The smallest absolute Gasteiger partial charge is 0.257 e. The largest absolute Gasteiger partial charge is 0.321 e. The van der Waals surface area contributed by atoms with Gasteiger partial charge in [0.2, 0.25) is 0 Å². The SMILES string of the molecule is CC(C)C(C)(c1cc(S(N)(=O)=O)n[nH]1)[N+](C)(C)C. The number of aromatic nitrogens is 2. The molecular weight excluding hydrogens is 252 g/mol. The molecule has 1 rings (SSSR count). The summed E-state index contributed by atoms with van der Waals surface area (Å²) in [6.45, 7) is 6.28. The fraction of sp³-hybridized carbons (Fsp3) is 0.727. The van der Waals surface area contributed by atoms with Crippen LogP contribution >= 0.6 is 0 Å². The van der Waals surface area contributed by atoms with Gasteiger partial charge in [-0.05, 0) is 6.92 Å². The Morgan fingerprint density at radius 2 is 1.89 bits per heavy atom. The Labute approximate surface area is 109 Å². The molecule has 0 bridgehead atoms. The van der Waals surface area contributed by atoms with Crippen molar-refractivity contribution in [2.45, 2.75) is 31.3 Å². The Hall–Kier alpha value is -0.920. The van der Waals surface area contributed by atoms with Crippen LogP contribution < -0.4 is 5.14 Å². The van der Waals surface area contributed by atoms with Crippen molar-refractivity contribution in [3.05, 3.63) is 11.8 Å². The zero-order chi connectivity index (χ0) is 14.4. The summed E-state index contributed by atoms with van der Waals surface area (Å²) >= 11 is 0. The van der Waals surface area contributed by atoms with Gasteiger partial charge >= 0.3 is 0 Å². The molecule has 1 unspecified atom stereocenters. The van der Waals surface area contributed by atoms with Crippen molar-refractivity contribution < 1.29 is 12.9 Å². The molecule has 3 N–H and O–H groups in total. The average Bonchev–Trinajstić information content (AvgIpc) is 2.62. The first kappa shape index (κ1) is 15.1. The lowest BCUT2D eigenvalue weighted by Gasteiger charge is -2.45. The second-order valence-corrected chi connectivity index (χ2v) is 7.49. The molecule has 6 nitrogen and oxygen atoms in total. The highest BCUT2D eigenvalue weighted by atomic mass is 32.2. The van der Waals surface area contributed by atoms with Gasteiger partial charge in [0.1, 0.15) is 5.54 Å². The lowest BCUT2D eigenvalue weighted by atomic mass is 9.82. The maximum Gasteiger partial charge on any atom is 0.257 e. The van der Waals surface area contributed by atoms with E-state index in [1.54, 1.807) is 0 Å². The fourth-order valence-electron chi connectivity index (χ4n) is 2.16. The highest BCUT2D eigenvalue weighted by molar-refractivity contribution is 7.89. The fourth-order valence-corrected chi connectivity index (χ4v) is 2.61. The number of nitrogens with zero attached hydrogens (tertiary/aromatic N) is 2. The Kier molecular flexibility index (Phi) is 3.64. The van der Waals surface area contributed by atoms with Gasteiger partial charge in [0.25, 0.3) is 10.0 Å². The molecule has 0 amide bonds. The number of quaternary nitrogens is 1. The normalized spacial score (nSPS) is 16.9. The first-order chi connectivity index (χ1) is 7.90. The minimum absolute atomic E-state index is 0.113. The Morgan fingerprint density at radius 1 is 1.39 bits per heavy atom. The van der Waals surface area contributed by atoms with E-state index in [4.69, 9.17) is 5.14 Å². The molecule has 1 atom stereocenters. The van der Waals surface area contributed by atoms with Gasteiger partial charge < -0.3 is 4.48 Å². The number of aromatic amines is 1. The second kappa shape index (κ2) is 4.32.